The number of hydrogen-bond donors (Lipinski definition) is 0. The Hall–Kier alpha value is 0.180. The maximum atomic E-state index is 3.70. The van der Waals surface area contributed by atoms with Crippen molar-refractivity contribution in [3.63, 3.8) is 0 Å². The number of likely N-dealkylation sites (N-methyl/N-ethyl adjacent to an activating group) is 1. The Bertz CT molecular complexity index is 93.6. The lowest BCUT2D eigenvalue weighted by atomic mass is 10.2. The molecule has 0 radical (unpaired) electrons. The van der Waals surface area contributed by atoms with Crippen molar-refractivity contribution < 1.29 is 0 Å². The normalized spacial score (nSPS) is 10.5. The van der Waals surface area contributed by atoms with Crippen LogP contribution < -0.4 is 0 Å². The number of nitrogens with zero attached hydrogens (tertiary/aromatic N) is 1. The van der Waals surface area contributed by atoms with Gasteiger partial charge in [-0.25, -0.2) is 0 Å². The van der Waals surface area contributed by atoms with Crippen LogP contribution in [0.15, 0.2) is 12.7 Å². The van der Waals surface area contributed by atoms with Crippen molar-refractivity contribution in [2.75, 3.05) is 25.5 Å². The fraction of sp³-hybridized carbons (Fsp3) is 0.778. The average Bonchev–Trinajstić information content (AvgIpc) is 1.99. The molecule has 0 fully saturated rings. The minimum atomic E-state index is 1.01. The maximum absolute atomic E-state index is 3.70. The SMILES string of the molecule is C=CCN(C)CCCCCBr. The van der Waals surface area contributed by atoms with E-state index >= 15 is 0 Å². The van der Waals surface area contributed by atoms with Crippen molar-refractivity contribution in [1.29, 1.82) is 0 Å². The molecular formula is C9H18BrN. The monoisotopic (exact) mass is 219 g/mol. The van der Waals surface area contributed by atoms with Gasteiger partial charge in [-0.2, -0.15) is 0 Å². The summed E-state index contributed by atoms with van der Waals surface area (Å²) in [5.41, 5.74) is 0. The van der Waals surface area contributed by atoms with Crippen LogP contribution in [0.2, 0.25) is 0 Å². The molecular weight excluding hydrogens is 202 g/mol. The van der Waals surface area contributed by atoms with E-state index in [0.29, 0.717) is 0 Å². The van der Waals surface area contributed by atoms with Gasteiger partial charge < -0.3 is 4.90 Å². The number of rotatable bonds is 7. The molecule has 66 valence electrons. The largest absolute Gasteiger partial charge is 0.303 e. The van der Waals surface area contributed by atoms with E-state index in [0.717, 1.165) is 11.9 Å². The third-order valence-electron chi connectivity index (χ3n) is 1.61. The fourth-order valence-electron chi connectivity index (χ4n) is 0.965. The second-order valence-electron chi connectivity index (χ2n) is 2.80. The van der Waals surface area contributed by atoms with Gasteiger partial charge in [-0.1, -0.05) is 28.4 Å². The van der Waals surface area contributed by atoms with Crippen LogP contribution in [-0.2, 0) is 0 Å². The van der Waals surface area contributed by atoms with Crippen LogP contribution >= 0.6 is 15.9 Å². The van der Waals surface area contributed by atoms with E-state index in [1.807, 2.05) is 6.08 Å². The number of unbranched alkanes of at least 4 members (excludes halogenated alkanes) is 2. The van der Waals surface area contributed by atoms with Gasteiger partial charge in [0.25, 0.3) is 0 Å². The summed E-state index contributed by atoms with van der Waals surface area (Å²) in [6.07, 6.45) is 5.87. The predicted octanol–water partition coefficient (Wildman–Crippen LogP) is 2.67. The van der Waals surface area contributed by atoms with Crippen molar-refractivity contribution in [3.05, 3.63) is 12.7 Å². The summed E-state index contributed by atoms with van der Waals surface area (Å²) in [5.74, 6) is 0. The van der Waals surface area contributed by atoms with Crippen molar-refractivity contribution >= 4 is 15.9 Å². The molecule has 0 amide bonds. The highest BCUT2D eigenvalue weighted by molar-refractivity contribution is 9.09. The molecule has 2 heteroatoms. The van der Waals surface area contributed by atoms with E-state index < -0.39 is 0 Å². The van der Waals surface area contributed by atoms with E-state index in [4.69, 9.17) is 0 Å². The standard InChI is InChI=1S/C9H18BrN/c1-3-8-11(2)9-6-4-5-7-10/h3H,1,4-9H2,2H3. The molecule has 0 aromatic rings. The Morgan fingerprint density at radius 3 is 2.64 bits per heavy atom. The third kappa shape index (κ3) is 8.08. The van der Waals surface area contributed by atoms with Gasteiger partial charge in [0.05, 0.1) is 0 Å². The van der Waals surface area contributed by atoms with E-state index in [2.05, 4.69) is 34.5 Å². The maximum Gasteiger partial charge on any atom is 0.0157 e. The van der Waals surface area contributed by atoms with Gasteiger partial charge in [0.1, 0.15) is 0 Å². The van der Waals surface area contributed by atoms with E-state index in [-0.39, 0.29) is 0 Å². The molecule has 0 aromatic heterocycles. The molecule has 0 aliphatic heterocycles. The summed E-state index contributed by atoms with van der Waals surface area (Å²) in [4.78, 5) is 2.29. The topological polar surface area (TPSA) is 3.24 Å². The number of halogens is 1. The molecule has 0 N–H and O–H groups in total. The van der Waals surface area contributed by atoms with Gasteiger partial charge in [-0.3, -0.25) is 0 Å². The highest BCUT2D eigenvalue weighted by Gasteiger charge is 1.93. The molecule has 1 nitrogen and oxygen atoms in total. The molecule has 0 unspecified atom stereocenters. The molecule has 0 saturated carbocycles. The molecule has 0 spiro atoms. The van der Waals surface area contributed by atoms with Crippen molar-refractivity contribution in [2.24, 2.45) is 0 Å². The first-order chi connectivity index (χ1) is 5.31. The lowest BCUT2D eigenvalue weighted by Crippen LogP contribution is -2.19. The van der Waals surface area contributed by atoms with Crippen LogP contribution in [0, 0.1) is 0 Å². The highest BCUT2D eigenvalue weighted by atomic mass is 79.9. The first kappa shape index (κ1) is 11.2. The van der Waals surface area contributed by atoms with Crippen LogP contribution in [-0.4, -0.2) is 30.4 Å². The van der Waals surface area contributed by atoms with Gasteiger partial charge in [-0.15, -0.1) is 6.58 Å². The summed E-state index contributed by atoms with van der Waals surface area (Å²) in [7, 11) is 2.13. The van der Waals surface area contributed by atoms with Gasteiger partial charge in [0.2, 0.25) is 0 Å². The van der Waals surface area contributed by atoms with Crippen LogP contribution in [0.3, 0.4) is 0 Å². The predicted molar refractivity (Wildman–Crippen MR) is 55.3 cm³/mol. The molecule has 0 rings (SSSR count). The molecule has 0 saturated heterocycles. The smallest absolute Gasteiger partial charge is 0.0157 e. The van der Waals surface area contributed by atoms with Crippen molar-refractivity contribution in [2.45, 2.75) is 19.3 Å². The molecule has 0 aliphatic carbocycles. The zero-order valence-corrected chi connectivity index (χ0v) is 8.94. The second-order valence-corrected chi connectivity index (χ2v) is 3.59. The van der Waals surface area contributed by atoms with Crippen molar-refractivity contribution in [1.82, 2.24) is 4.90 Å². The zero-order valence-electron chi connectivity index (χ0n) is 7.35. The summed E-state index contributed by atoms with van der Waals surface area (Å²) < 4.78 is 0. The first-order valence-corrected chi connectivity index (χ1v) is 5.28. The summed E-state index contributed by atoms with van der Waals surface area (Å²) in [6, 6.07) is 0. The van der Waals surface area contributed by atoms with E-state index in [1.165, 1.54) is 25.8 Å². The molecule has 11 heavy (non-hydrogen) atoms. The summed E-state index contributed by atoms with van der Waals surface area (Å²) >= 11 is 3.42. The lowest BCUT2D eigenvalue weighted by Gasteiger charge is -2.12. The summed E-state index contributed by atoms with van der Waals surface area (Å²) in [5, 5.41) is 1.14. The number of alkyl halides is 1. The van der Waals surface area contributed by atoms with Gasteiger partial charge >= 0.3 is 0 Å². The Kier molecular flexibility index (Phi) is 8.41. The minimum absolute atomic E-state index is 1.01. The van der Waals surface area contributed by atoms with Crippen LogP contribution in [0.1, 0.15) is 19.3 Å². The van der Waals surface area contributed by atoms with Crippen molar-refractivity contribution in [3.8, 4) is 0 Å². The van der Waals surface area contributed by atoms with Gasteiger partial charge in [-0.05, 0) is 26.4 Å². The Labute approximate surface area is 78.6 Å². The fourth-order valence-corrected chi connectivity index (χ4v) is 1.36. The minimum Gasteiger partial charge on any atom is -0.303 e. The molecule has 0 bridgehead atoms. The summed E-state index contributed by atoms with van der Waals surface area (Å²) in [6.45, 7) is 5.90. The highest BCUT2D eigenvalue weighted by Crippen LogP contribution is 1.99. The second kappa shape index (κ2) is 8.28. The Balaban J connectivity index is 3.03. The first-order valence-electron chi connectivity index (χ1n) is 4.16. The van der Waals surface area contributed by atoms with Crippen LogP contribution in [0.5, 0.6) is 0 Å². The van der Waals surface area contributed by atoms with Crippen LogP contribution in [0.4, 0.5) is 0 Å². The third-order valence-corrected chi connectivity index (χ3v) is 2.17. The van der Waals surface area contributed by atoms with E-state index in [1.54, 1.807) is 0 Å². The van der Waals surface area contributed by atoms with E-state index in [9.17, 15) is 0 Å². The van der Waals surface area contributed by atoms with Crippen LogP contribution in [0.25, 0.3) is 0 Å². The molecule has 0 aliphatic rings. The van der Waals surface area contributed by atoms with Gasteiger partial charge in [0, 0.05) is 11.9 Å². The lowest BCUT2D eigenvalue weighted by molar-refractivity contribution is 0.359. The Morgan fingerprint density at radius 1 is 1.36 bits per heavy atom. The molecule has 0 aromatic carbocycles. The van der Waals surface area contributed by atoms with Gasteiger partial charge in [0.15, 0.2) is 0 Å². The number of hydrogen-bond acceptors (Lipinski definition) is 1. The zero-order chi connectivity index (χ0) is 8.53. The molecule has 0 heterocycles. The quantitative estimate of drug-likeness (QED) is 0.362. The average molecular weight is 220 g/mol. The Morgan fingerprint density at radius 2 is 2.09 bits per heavy atom. The molecule has 0 atom stereocenters.